The fourth-order valence-electron chi connectivity index (χ4n) is 3.03. The van der Waals surface area contributed by atoms with Gasteiger partial charge in [-0.25, -0.2) is 0 Å². The van der Waals surface area contributed by atoms with Crippen LogP contribution in [0.3, 0.4) is 0 Å². The average Bonchev–Trinajstić information content (AvgIpc) is 2.73. The molecule has 3 rings (SSSR count). The van der Waals surface area contributed by atoms with Crippen LogP contribution in [0.2, 0.25) is 0 Å². The van der Waals surface area contributed by atoms with Crippen molar-refractivity contribution in [1.82, 2.24) is 4.90 Å². The largest absolute Gasteiger partial charge is 0.497 e. The van der Waals surface area contributed by atoms with Crippen molar-refractivity contribution < 1.29 is 19.1 Å². The maximum Gasteiger partial charge on any atom is 0.262 e. The maximum absolute atomic E-state index is 12.5. The molecular weight excluding hydrogens is 358 g/mol. The molecule has 0 bridgehead atoms. The average molecular weight is 383 g/mol. The minimum atomic E-state index is -0.280. The Morgan fingerprint density at radius 1 is 1.11 bits per heavy atom. The first-order valence-electron chi connectivity index (χ1n) is 9.27. The van der Waals surface area contributed by atoms with Crippen LogP contribution in [0.5, 0.6) is 11.5 Å². The van der Waals surface area contributed by atoms with Crippen molar-refractivity contribution in [1.29, 1.82) is 0 Å². The Kier molecular flexibility index (Phi) is 6.49. The molecule has 3 N–H and O–H groups in total. The molecule has 7 heteroatoms. The molecule has 1 saturated heterocycles. The second kappa shape index (κ2) is 9.23. The summed E-state index contributed by atoms with van der Waals surface area (Å²) in [6.45, 7) is 1.24. The normalized spacial score (nSPS) is 14.4. The van der Waals surface area contributed by atoms with Crippen LogP contribution in [0.25, 0.3) is 0 Å². The monoisotopic (exact) mass is 383 g/mol. The number of rotatable bonds is 6. The lowest BCUT2D eigenvalue weighted by Gasteiger charge is -2.30. The predicted molar refractivity (Wildman–Crippen MR) is 107 cm³/mol. The van der Waals surface area contributed by atoms with Gasteiger partial charge in [0.05, 0.1) is 7.11 Å². The Labute approximate surface area is 164 Å². The van der Waals surface area contributed by atoms with Crippen molar-refractivity contribution in [3.63, 3.8) is 0 Å². The summed E-state index contributed by atoms with van der Waals surface area (Å²) in [7, 11) is 1.57. The lowest BCUT2D eigenvalue weighted by Crippen LogP contribution is -2.42. The van der Waals surface area contributed by atoms with E-state index in [4.69, 9.17) is 15.2 Å². The maximum atomic E-state index is 12.5. The molecule has 0 saturated carbocycles. The smallest absolute Gasteiger partial charge is 0.262 e. The number of amides is 2. The third-order valence-electron chi connectivity index (χ3n) is 4.65. The zero-order valence-corrected chi connectivity index (χ0v) is 15.9. The van der Waals surface area contributed by atoms with E-state index in [0.717, 1.165) is 12.8 Å². The number of nitrogens with two attached hydrogens (primary N) is 1. The lowest BCUT2D eigenvalue weighted by atomic mass is 10.0. The number of piperidine rings is 1. The van der Waals surface area contributed by atoms with Crippen LogP contribution in [-0.4, -0.2) is 49.6 Å². The molecule has 2 aromatic carbocycles. The minimum Gasteiger partial charge on any atom is -0.497 e. The molecule has 0 unspecified atom stereocenters. The molecule has 0 aromatic heterocycles. The van der Waals surface area contributed by atoms with Gasteiger partial charge in [-0.15, -0.1) is 0 Å². The zero-order valence-electron chi connectivity index (χ0n) is 15.9. The highest BCUT2D eigenvalue weighted by Crippen LogP contribution is 2.18. The van der Waals surface area contributed by atoms with E-state index < -0.39 is 0 Å². The SMILES string of the molecule is COc1cccc(NC(=O)COc2ccc(C(=O)N3CCC(N)CC3)cc2)c1. The summed E-state index contributed by atoms with van der Waals surface area (Å²) in [4.78, 5) is 26.4. The number of likely N-dealkylation sites (tertiary alicyclic amines) is 1. The van der Waals surface area contributed by atoms with Gasteiger partial charge in [-0.3, -0.25) is 9.59 Å². The zero-order chi connectivity index (χ0) is 19.9. The molecule has 0 radical (unpaired) electrons. The Bertz CT molecular complexity index is 815. The Balaban J connectivity index is 1.50. The topological polar surface area (TPSA) is 93.9 Å². The van der Waals surface area contributed by atoms with E-state index in [9.17, 15) is 9.59 Å². The molecule has 0 atom stereocenters. The summed E-state index contributed by atoms with van der Waals surface area (Å²) in [6, 6.07) is 14.1. The van der Waals surface area contributed by atoms with E-state index in [1.54, 1.807) is 55.6 Å². The van der Waals surface area contributed by atoms with Gasteiger partial charge in [-0.1, -0.05) is 6.07 Å². The Morgan fingerprint density at radius 3 is 2.50 bits per heavy atom. The van der Waals surface area contributed by atoms with Crippen LogP contribution < -0.4 is 20.5 Å². The van der Waals surface area contributed by atoms with Gasteiger partial charge in [0.1, 0.15) is 11.5 Å². The third-order valence-corrected chi connectivity index (χ3v) is 4.65. The quantitative estimate of drug-likeness (QED) is 0.798. The minimum absolute atomic E-state index is 0.00535. The van der Waals surface area contributed by atoms with Crippen LogP contribution in [0.1, 0.15) is 23.2 Å². The van der Waals surface area contributed by atoms with Crippen molar-refractivity contribution in [3.05, 3.63) is 54.1 Å². The first-order chi connectivity index (χ1) is 13.5. The second-order valence-corrected chi connectivity index (χ2v) is 6.72. The number of anilines is 1. The highest BCUT2D eigenvalue weighted by molar-refractivity contribution is 5.94. The van der Waals surface area contributed by atoms with E-state index in [2.05, 4.69) is 5.32 Å². The number of carbonyl (C=O) groups is 2. The molecule has 2 amide bonds. The highest BCUT2D eigenvalue weighted by atomic mass is 16.5. The molecule has 0 spiro atoms. The number of hydrogen-bond acceptors (Lipinski definition) is 5. The number of methoxy groups -OCH3 is 1. The van der Waals surface area contributed by atoms with Gasteiger partial charge in [0, 0.05) is 36.4 Å². The molecule has 2 aromatic rings. The summed E-state index contributed by atoms with van der Waals surface area (Å²) in [5, 5.41) is 2.75. The molecule has 1 aliphatic heterocycles. The summed E-state index contributed by atoms with van der Waals surface area (Å²) in [5.74, 6) is 0.903. The van der Waals surface area contributed by atoms with Crippen molar-refractivity contribution in [3.8, 4) is 11.5 Å². The molecule has 0 aliphatic carbocycles. The van der Waals surface area contributed by atoms with Gasteiger partial charge in [0.25, 0.3) is 11.8 Å². The number of carbonyl (C=O) groups excluding carboxylic acids is 2. The summed E-state index contributed by atoms with van der Waals surface area (Å²) >= 11 is 0. The van der Waals surface area contributed by atoms with Crippen LogP contribution >= 0.6 is 0 Å². The number of benzene rings is 2. The Hall–Kier alpha value is -3.06. The third kappa shape index (κ3) is 5.23. The van der Waals surface area contributed by atoms with Crippen LogP contribution in [0, 0.1) is 0 Å². The molecule has 7 nitrogen and oxygen atoms in total. The van der Waals surface area contributed by atoms with Gasteiger partial charge in [-0.2, -0.15) is 0 Å². The lowest BCUT2D eigenvalue weighted by molar-refractivity contribution is -0.118. The highest BCUT2D eigenvalue weighted by Gasteiger charge is 2.21. The van der Waals surface area contributed by atoms with Crippen LogP contribution in [0.4, 0.5) is 5.69 Å². The van der Waals surface area contributed by atoms with Gasteiger partial charge < -0.3 is 25.4 Å². The summed E-state index contributed by atoms with van der Waals surface area (Å²) in [5.41, 5.74) is 7.12. The van der Waals surface area contributed by atoms with Gasteiger partial charge >= 0.3 is 0 Å². The summed E-state index contributed by atoms with van der Waals surface area (Å²) in [6.07, 6.45) is 1.66. The van der Waals surface area contributed by atoms with E-state index in [-0.39, 0.29) is 24.5 Å². The van der Waals surface area contributed by atoms with E-state index in [0.29, 0.717) is 35.8 Å². The molecule has 28 heavy (non-hydrogen) atoms. The molecule has 1 aliphatic rings. The fraction of sp³-hybridized carbons (Fsp3) is 0.333. The van der Waals surface area contributed by atoms with Crippen molar-refractivity contribution in [2.75, 3.05) is 32.1 Å². The molecule has 1 heterocycles. The fourth-order valence-corrected chi connectivity index (χ4v) is 3.03. The van der Waals surface area contributed by atoms with Gasteiger partial charge in [0.15, 0.2) is 6.61 Å². The van der Waals surface area contributed by atoms with E-state index in [1.165, 1.54) is 0 Å². The Morgan fingerprint density at radius 2 is 1.82 bits per heavy atom. The van der Waals surface area contributed by atoms with Gasteiger partial charge in [0.2, 0.25) is 0 Å². The molecule has 1 fully saturated rings. The van der Waals surface area contributed by atoms with Crippen molar-refractivity contribution >= 4 is 17.5 Å². The summed E-state index contributed by atoms with van der Waals surface area (Å²) < 4.78 is 10.6. The van der Waals surface area contributed by atoms with Gasteiger partial charge in [-0.05, 0) is 49.2 Å². The molecular formula is C21H25N3O4. The molecule has 148 valence electrons. The number of nitrogens with zero attached hydrogens (tertiary/aromatic N) is 1. The van der Waals surface area contributed by atoms with Crippen molar-refractivity contribution in [2.24, 2.45) is 5.73 Å². The number of nitrogens with one attached hydrogen (secondary N) is 1. The van der Waals surface area contributed by atoms with Crippen LogP contribution in [-0.2, 0) is 4.79 Å². The van der Waals surface area contributed by atoms with Crippen molar-refractivity contribution in [2.45, 2.75) is 18.9 Å². The second-order valence-electron chi connectivity index (χ2n) is 6.72. The standard InChI is InChI=1S/C21H25N3O4/c1-27-19-4-2-3-17(13-19)23-20(25)14-28-18-7-5-15(6-8-18)21(26)24-11-9-16(22)10-12-24/h2-8,13,16H,9-12,14,22H2,1H3,(H,23,25). The predicted octanol–water partition coefficient (Wildman–Crippen LogP) is 2.28. The first-order valence-corrected chi connectivity index (χ1v) is 9.27. The number of ether oxygens (including phenoxy) is 2. The van der Waals surface area contributed by atoms with E-state index in [1.807, 2.05) is 4.90 Å². The van der Waals surface area contributed by atoms with E-state index >= 15 is 0 Å². The van der Waals surface area contributed by atoms with Crippen LogP contribution in [0.15, 0.2) is 48.5 Å². The first kappa shape index (κ1) is 19.7. The number of hydrogen-bond donors (Lipinski definition) is 2.